The van der Waals surface area contributed by atoms with Gasteiger partial charge in [-0.2, -0.15) is 0 Å². The van der Waals surface area contributed by atoms with Gasteiger partial charge in [-0.25, -0.2) is 0 Å². The Balaban J connectivity index is 2.05. The molecule has 1 heterocycles. The molecule has 0 radical (unpaired) electrons. The number of carbonyl (C=O) groups is 1. The average molecular weight is 269 g/mol. The van der Waals surface area contributed by atoms with E-state index in [2.05, 4.69) is 24.1 Å². The van der Waals surface area contributed by atoms with E-state index in [1.165, 1.54) is 25.9 Å². The summed E-state index contributed by atoms with van der Waals surface area (Å²) in [6, 6.07) is 0. The number of hydrogen-bond donors (Lipinski definition) is 2. The molecule has 1 amide bonds. The minimum absolute atomic E-state index is 0.164. The van der Waals surface area contributed by atoms with Crippen LogP contribution in [0.3, 0.4) is 0 Å². The monoisotopic (exact) mass is 269 g/mol. The number of nitrogens with two attached hydrogens (primary N) is 1. The van der Waals surface area contributed by atoms with Crippen LogP contribution in [0.5, 0.6) is 0 Å². The second kappa shape index (κ2) is 9.32. The Morgan fingerprint density at radius 2 is 2.00 bits per heavy atom. The summed E-state index contributed by atoms with van der Waals surface area (Å²) >= 11 is 0. The van der Waals surface area contributed by atoms with Gasteiger partial charge in [0.2, 0.25) is 5.91 Å². The second-order valence-corrected chi connectivity index (χ2v) is 6.19. The van der Waals surface area contributed by atoms with E-state index in [1.807, 2.05) is 0 Å². The van der Waals surface area contributed by atoms with Crippen molar-refractivity contribution in [3.05, 3.63) is 0 Å². The maximum absolute atomic E-state index is 11.8. The second-order valence-electron chi connectivity index (χ2n) is 6.19. The Labute approximate surface area is 118 Å². The first-order chi connectivity index (χ1) is 9.11. The summed E-state index contributed by atoms with van der Waals surface area (Å²) in [5.74, 6) is 1.10. The minimum atomic E-state index is 0.164. The molecular weight excluding hydrogens is 238 g/mol. The molecule has 1 aliphatic rings. The maximum atomic E-state index is 11.8. The summed E-state index contributed by atoms with van der Waals surface area (Å²) in [5, 5.41) is 3.02. The molecule has 4 heteroatoms. The Morgan fingerprint density at radius 3 is 2.58 bits per heavy atom. The number of nitrogens with zero attached hydrogens (tertiary/aromatic N) is 1. The lowest BCUT2D eigenvalue weighted by molar-refractivity contribution is -0.122. The third-order valence-corrected chi connectivity index (χ3v) is 3.78. The fourth-order valence-corrected chi connectivity index (χ4v) is 2.80. The van der Waals surface area contributed by atoms with Gasteiger partial charge in [0.1, 0.15) is 0 Å². The first-order valence-electron chi connectivity index (χ1n) is 7.81. The van der Waals surface area contributed by atoms with Gasteiger partial charge in [0.25, 0.3) is 0 Å². The highest BCUT2D eigenvalue weighted by Crippen LogP contribution is 2.14. The van der Waals surface area contributed by atoms with E-state index in [0.717, 1.165) is 25.9 Å². The zero-order chi connectivity index (χ0) is 14.1. The third kappa shape index (κ3) is 7.53. The Kier molecular flexibility index (Phi) is 8.07. The van der Waals surface area contributed by atoms with E-state index >= 15 is 0 Å². The van der Waals surface area contributed by atoms with Gasteiger partial charge in [-0.3, -0.25) is 4.79 Å². The molecule has 0 bridgehead atoms. The molecule has 1 saturated heterocycles. The lowest BCUT2D eigenvalue weighted by atomic mass is 9.94. The van der Waals surface area contributed by atoms with E-state index < -0.39 is 0 Å². The quantitative estimate of drug-likeness (QED) is 0.625. The van der Waals surface area contributed by atoms with Crippen molar-refractivity contribution >= 4 is 5.91 Å². The summed E-state index contributed by atoms with van der Waals surface area (Å²) in [7, 11) is 0. The minimum Gasteiger partial charge on any atom is -0.356 e. The largest absolute Gasteiger partial charge is 0.356 e. The highest BCUT2D eigenvalue weighted by atomic mass is 16.1. The van der Waals surface area contributed by atoms with E-state index in [4.69, 9.17) is 5.73 Å². The fraction of sp³-hybridized carbons (Fsp3) is 0.933. The third-order valence-electron chi connectivity index (χ3n) is 3.78. The van der Waals surface area contributed by atoms with Crippen LogP contribution in [0.2, 0.25) is 0 Å². The lowest BCUT2D eigenvalue weighted by Gasteiger charge is -2.17. The summed E-state index contributed by atoms with van der Waals surface area (Å²) in [6.07, 6.45) is 5.35. The molecule has 19 heavy (non-hydrogen) atoms. The molecule has 0 saturated carbocycles. The van der Waals surface area contributed by atoms with Crippen molar-refractivity contribution in [3.8, 4) is 0 Å². The van der Waals surface area contributed by atoms with Crippen LogP contribution < -0.4 is 11.1 Å². The van der Waals surface area contributed by atoms with Crippen molar-refractivity contribution in [3.63, 3.8) is 0 Å². The van der Waals surface area contributed by atoms with Crippen molar-refractivity contribution in [2.24, 2.45) is 17.6 Å². The molecule has 0 unspecified atom stereocenters. The molecule has 112 valence electrons. The van der Waals surface area contributed by atoms with Crippen LogP contribution in [0.25, 0.3) is 0 Å². The molecule has 0 aromatic carbocycles. The maximum Gasteiger partial charge on any atom is 0.220 e. The highest BCUT2D eigenvalue weighted by molar-refractivity contribution is 5.76. The highest BCUT2D eigenvalue weighted by Gasteiger charge is 2.14. The van der Waals surface area contributed by atoms with Gasteiger partial charge in [0.15, 0.2) is 0 Å². The summed E-state index contributed by atoms with van der Waals surface area (Å²) in [4.78, 5) is 14.3. The van der Waals surface area contributed by atoms with E-state index in [-0.39, 0.29) is 5.91 Å². The molecule has 1 fully saturated rings. The van der Waals surface area contributed by atoms with Crippen molar-refractivity contribution < 1.29 is 4.79 Å². The molecule has 0 aliphatic carbocycles. The molecule has 1 atom stereocenters. The van der Waals surface area contributed by atoms with Crippen LogP contribution in [0.1, 0.15) is 46.0 Å². The van der Waals surface area contributed by atoms with Crippen molar-refractivity contribution in [1.29, 1.82) is 0 Å². The zero-order valence-electron chi connectivity index (χ0n) is 12.7. The van der Waals surface area contributed by atoms with Crippen LogP contribution in [-0.4, -0.2) is 43.5 Å². The molecular formula is C15H31N3O. The Hall–Kier alpha value is -0.610. The van der Waals surface area contributed by atoms with Crippen LogP contribution in [0.4, 0.5) is 0 Å². The predicted octanol–water partition coefficient (Wildman–Crippen LogP) is 1.60. The first kappa shape index (κ1) is 16.4. The molecule has 3 N–H and O–H groups in total. The topological polar surface area (TPSA) is 58.4 Å². The number of hydrogen-bond acceptors (Lipinski definition) is 3. The van der Waals surface area contributed by atoms with Gasteiger partial charge in [0, 0.05) is 13.0 Å². The number of amides is 1. The van der Waals surface area contributed by atoms with Gasteiger partial charge in [-0.1, -0.05) is 13.8 Å². The Morgan fingerprint density at radius 1 is 1.32 bits per heavy atom. The van der Waals surface area contributed by atoms with E-state index in [0.29, 0.717) is 24.8 Å². The summed E-state index contributed by atoms with van der Waals surface area (Å²) < 4.78 is 0. The van der Waals surface area contributed by atoms with Crippen LogP contribution in [-0.2, 0) is 4.79 Å². The number of likely N-dealkylation sites (tertiary alicyclic amines) is 1. The normalized spacial score (nSPS) is 17.9. The lowest BCUT2D eigenvalue weighted by Crippen LogP contribution is -2.31. The molecule has 1 rings (SSSR count). The molecule has 0 aromatic rings. The van der Waals surface area contributed by atoms with Gasteiger partial charge >= 0.3 is 0 Å². The molecule has 0 aromatic heterocycles. The number of nitrogens with one attached hydrogen (secondary N) is 1. The van der Waals surface area contributed by atoms with Crippen LogP contribution in [0, 0.1) is 11.8 Å². The van der Waals surface area contributed by atoms with Gasteiger partial charge in [-0.15, -0.1) is 0 Å². The fourth-order valence-electron chi connectivity index (χ4n) is 2.80. The average Bonchev–Trinajstić information content (AvgIpc) is 2.86. The van der Waals surface area contributed by atoms with Crippen molar-refractivity contribution in [1.82, 2.24) is 10.2 Å². The van der Waals surface area contributed by atoms with E-state index in [9.17, 15) is 4.79 Å². The SMILES string of the molecule is CC(C)C[C@H](CN)CC(=O)NCCCN1CCCC1. The summed E-state index contributed by atoms with van der Waals surface area (Å²) in [5.41, 5.74) is 5.72. The van der Waals surface area contributed by atoms with Crippen LogP contribution in [0.15, 0.2) is 0 Å². The predicted molar refractivity (Wildman–Crippen MR) is 79.9 cm³/mol. The zero-order valence-corrected chi connectivity index (χ0v) is 12.7. The molecule has 4 nitrogen and oxygen atoms in total. The smallest absolute Gasteiger partial charge is 0.220 e. The van der Waals surface area contributed by atoms with Crippen molar-refractivity contribution in [2.45, 2.75) is 46.0 Å². The number of rotatable bonds is 9. The van der Waals surface area contributed by atoms with Gasteiger partial charge in [-0.05, 0) is 63.7 Å². The number of carbonyl (C=O) groups excluding carboxylic acids is 1. The molecule has 1 aliphatic heterocycles. The first-order valence-corrected chi connectivity index (χ1v) is 7.81. The standard InChI is InChI=1S/C15H31N3O/c1-13(2)10-14(12-16)11-15(19)17-6-5-9-18-7-3-4-8-18/h13-14H,3-12,16H2,1-2H3,(H,17,19)/t14-/m0/s1. The van der Waals surface area contributed by atoms with E-state index in [1.54, 1.807) is 0 Å². The van der Waals surface area contributed by atoms with Crippen molar-refractivity contribution in [2.75, 3.05) is 32.7 Å². The molecule has 0 spiro atoms. The van der Waals surface area contributed by atoms with Gasteiger partial charge in [0.05, 0.1) is 0 Å². The van der Waals surface area contributed by atoms with Crippen LogP contribution >= 0.6 is 0 Å². The van der Waals surface area contributed by atoms with Gasteiger partial charge < -0.3 is 16.0 Å². The summed E-state index contributed by atoms with van der Waals surface area (Å²) in [6.45, 7) is 9.35. The Bertz CT molecular complexity index is 250.